The van der Waals surface area contributed by atoms with Gasteiger partial charge in [0.15, 0.2) is 0 Å². The molecule has 1 aliphatic rings. The first-order chi connectivity index (χ1) is 8.07. The van der Waals surface area contributed by atoms with E-state index < -0.39 is 5.54 Å². The number of amides is 1. The number of nitrogens with one attached hydrogen (secondary N) is 2. The Balaban J connectivity index is 2.48. The van der Waals surface area contributed by atoms with E-state index in [1.807, 2.05) is 32.5 Å². The van der Waals surface area contributed by atoms with E-state index in [4.69, 9.17) is 0 Å². The van der Waals surface area contributed by atoms with Crippen LogP contribution in [-0.4, -0.2) is 21.2 Å². The molecule has 0 radical (unpaired) electrons. The van der Waals surface area contributed by atoms with Crippen LogP contribution >= 0.6 is 0 Å². The van der Waals surface area contributed by atoms with Crippen molar-refractivity contribution in [1.82, 2.24) is 9.78 Å². The minimum absolute atomic E-state index is 0.0534. The lowest BCUT2D eigenvalue weighted by molar-refractivity contribution is -0.120. The molecule has 94 valence electrons. The van der Waals surface area contributed by atoms with Gasteiger partial charge in [0.25, 0.3) is 0 Å². The van der Waals surface area contributed by atoms with E-state index in [0.29, 0.717) is 0 Å². The molecule has 1 aromatic rings. The van der Waals surface area contributed by atoms with Gasteiger partial charge < -0.3 is 10.6 Å². The van der Waals surface area contributed by atoms with Crippen LogP contribution in [0, 0.1) is 0 Å². The van der Waals surface area contributed by atoms with Gasteiger partial charge in [-0.1, -0.05) is 20.8 Å². The zero-order valence-corrected chi connectivity index (χ0v) is 10.9. The average Bonchev–Trinajstić information content (AvgIpc) is 2.64. The molecule has 2 rings (SSSR count). The van der Waals surface area contributed by atoms with Crippen molar-refractivity contribution < 1.29 is 4.79 Å². The number of aromatic nitrogens is 2. The lowest BCUT2D eigenvalue weighted by Gasteiger charge is -2.36. The van der Waals surface area contributed by atoms with Crippen LogP contribution in [0.25, 0.3) is 0 Å². The highest BCUT2D eigenvalue weighted by Gasteiger charge is 2.41. The molecule has 0 unspecified atom stereocenters. The number of carbonyl (C=O) groups excluding carboxylic acids is 1. The Morgan fingerprint density at radius 2 is 1.94 bits per heavy atom. The van der Waals surface area contributed by atoms with E-state index in [1.54, 1.807) is 0 Å². The Hall–Kier alpha value is -1.52. The molecule has 5 nitrogen and oxygen atoms in total. The number of hydrogen-bond acceptors (Lipinski definition) is 3. The highest BCUT2D eigenvalue weighted by molar-refractivity contribution is 6.06. The molecule has 5 heteroatoms. The number of anilines is 2. The zero-order chi connectivity index (χ0) is 12.6. The number of carbonyl (C=O) groups is 1. The molecule has 0 bridgehead atoms. The number of nitrogens with zero attached hydrogens (tertiary/aromatic N) is 2. The number of rotatable bonds is 3. The summed E-state index contributed by atoms with van der Waals surface area (Å²) in [6.07, 6.45) is 2.35. The fraction of sp³-hybridized carbons (Fsp3) is 0.667. The monoisotopic (exact) mass is 236 g/mol. The lowest BCUT2D eigenvalue weighted by atomic mass is 9.90. The van der Waals surface area contributed by atoms with Crippen molar-refractivity contribution in [3.8, 4) is 0 Å². The molecule has 17 heavy (non-hydrogen) atoms. The Labute approximate surface area is 102 Å². The van der Waals surface area contributed by atoms with Gasteiger partial charge in [-0.15, -0.1) is 0 Å². The molecule has 0 spiro atoms. The second-order valence-electron chi connectivity index (χ2n) is 4.52. The van der Waals surface area contributed by atoms with Crippen molar-refractivity contribution in [1.29, 1.82) is 0 Å². The van der Waals surface area contributed by atoms with E-state index in [1.165, 1.54) is 0 Å². The quantitative estimate of drug-likeness (QED) is 0.842. The maximum Gasteiger partial charge on any atom is 0.250 e. The third kappa shape index (κ3) is 1.61. The second-order valence-corrected chi connectivity index (χ2v) is 4.52. The Bertz CT molecular complexity index is 446. The molecule has 0 fully saturated rings. The summed E-state index contributed by atoms with van der Waals surface area (Å²) in [6, 6.07) is 0. The summed E-state index contributed by atoms with van der Waals surface area (Å²) >= 11 is 0. The summed E-state index contributed by atoms with van der Waals surface area (Å²) < 4.78 is 1.81. The minimum atomic E-state index is -0.494. The standard InChI is InChI=1S/C12H20N4O/c1-5-8-9-10(16(4)15-8)14-12(6-2,7-3)11(17)13-9/h14H,5-7H2,1-4H3,(H,13,17). The van der Waals surface area contributed by atoms with E-state index in [2.05, 4.69) is 15.7 Å². The van der Waals surface area contributed by atoms with Crippen LogP contribution < -0.4 is 10.6 Å². The molecule has 2 heterocycles. The number of hydrogen-bond donors (Lipinski definition) is 2. The molecule has 0 atom stereocenters. The van der Waals surface area contributed by atoms with Gasteiger partial charge in [0.05, 0.1) is 5.69 Å². The largest absolute Gasteiger partial charge is 0.354 e. The second kappa shape index (κ2) is 4.05. The molecule has 0 saturated carbocycles. The van der Waals surface area contributed by atoms with Gasteiger partial charge in [-0.25, -0.2) is 0 Å². The SMILES string of the molecule is CCc1nn(C)c2c1NC(=O)C(CC)(CC)N2. The highest BCUT2D eigenvalue weighted by atomic mass is 16.2. The van der Waals surface area contributed by atoms with Gasteiger partial charge in [0.1, 0.15) is 17.0 Å². The Morgan fingerprint density at radius 1 is 1.29 bits per heavy atom. The normalized spacial score (nSPS) is 17.3. The van der Waals surface area contributed by atoms with Crippen molar-refractivity contribution in [3.63, 3.8) is 0 Å². The van der Waals surface area contributed by atoms with Gasteiger partial charge in [-0.2, -0.15) is 5.10 Å². The smallest absolute Gasteiger partial charge is 0.250 e. The summed E-state index contributed by atoms with van der Waals surface area (Å²) in [6.45, 7) is 6.09. The Kier molecular flexibility index (Phi) is 2.85. The first kappa shape index (κ1) is 12.0. The first-order valence-electron chi connectivity index (χ1n) is 6.23. The van der Waals surface area contributed by atoms with E-state index in [-0.39, 0.29) is 5.91 Å². The minimum Gasteiger partial charge on any atom is -0.354 e. The van der Waals surface area contributed by atoms with Gasteiger partial charge in [-0.05, 0) is 19.3 Å². The average molecular weight is 236 g/mol. The summed E-state index contributed by atoms with van der Waals surface area (Å²) in [5.74, 6) is 0.975. The molecule has 0 saturated heterocycles. The van der Waals surface area contributed by atoms with E-state index in [9.17, 15) is 4.79 Å². The topological polar surface area (TPSA) is 59.0 Å². The van der Waals surface area contributed by atoms with Crippen LogP contribution in [0.1, 0.15) is 39.3 Å². The van der Waals surface area contributed by atoms with Crippen LogP contribution in [0.3, 0.4) is 0 Å². The summed E-state index contributed by atoms with van der Waals surface area (Å²) in [5.41, 5.74) is 1.29. The molecular weight excluding hydrogens is 216 g/mol. The summed E-state index contributed by atoms with van der Waals surface area (Å²) in [4.78, 5) is 12.2. The number of aryl methyl sites for hydroxylation is 2. The molecule has 1 aliphatic heterocycles. The Morgan fingerprint density at radius 3 is 2.47 bits per heavy atom. The van der Waals surface area contributed by atoms with Crippen molar-refractivity contribution in [2.45, 2.75) is 45.6 Å². The van der Waals surface area contributed by atoms with Gasteiger partial charge in [-0.3, -0.25) is 9.48 Å². The van der Waals surface area contributed by atoms with Gasteiger partial charge in [0, 0.05) is 7.05 Å². The maximum atomic E-state index is 12.2. The summed E-state index contributed by atoms with van der Waals surface area (Å²) in [5, 5.41) is 10.8. The fourth-order valence-corrected chi connectivity index (χ4v) is 2.37. The lowest BCUT2D eigenvalue weighted by Crippen LogP contribution is -2.52. The summed E-state index contributed by atoms with van der Waals surface area (Å²) in [7, 11) is 1.90. The van der Waals surface area contributed by atoms with Crippen LogP contribution in [-0.2, 0) is 18.3 Å². The number of fused-ring (bicyclic) bond motifs is 1. The third-order valence-corrected chi connectivity index (χ3v) is 3.69. The van der Waals surface area contributed by atoms with Crippen LogP contribution in [0.15, 0.2) is 0 Å². The predicted molar refractivity (Wildman–Crippen MR) is 68.2 cm³/mol. The first-order valence-corrected chi connectivity index (χ1v) is 6.23. The predicted octanol–water partition coefficient (Wildman–Crippen LogP) is 1.91. The molecule has 1 amide bonds. The third-order valence-electron chi connectivity index (χ3n) is 3.69. The van der Waals surface area contributed by atoms with Crippen LogP contribution in [0.5, 0.6) is 0 Å². The van der Waals surface area contributed by atoms with Crippen molar-refractivity contribution >= 4 is 17.4 Å². The molecule has 1 aromatic heterocycles. The van der Waals surface area contributed by atoms with Crippen molar-refractivity contribution in [3.05, 3.63) is 5.69 Å². The molecular formula is C12H20N4O. The highest BCUT2D eigenvalue weighted by Crippen LogP contribution is 2.36. The molecule has 0 aromatic carbocycles. The molecule has 2 N–H and O–H groups in total. The maximum absolute atomic E-state index is 12.2. The van der Waals surface area contributed by atoms with Crippen molar-refractivity contribution in [2.75, 3.05) is 10.6 Å². The zero-order valence-electron chi connectivity index (χ0n) is 10.9. The van der Waals surface area contributed by atoms with Crippen molar-refractivity contribution in [2.24, 2.45) is 7.05 Å². The van der Waals surface area contributed by atoms with E-state index >= 15 is 0 Å². The molecule has 0 aliphatic carbocycles. The van der Waals surface area contributed by atoms with Gasteiger partial charge in [0.2, 0.25) is 5.91 Å². The van der Waals surface area contributed by atoms with Crippen LogP contribution in [0.2, 0.25) is 0 Å². The van der Waals surface area contributed by atoms with Gasteiger partial charge >= 0.3 is 0 Å². The van der Waals surface area contributed by atoms with E-state index in [0.717, 1.165) is 36.5 Å². The van der Waals surface area contributed by atoms with Crippen LogP contribution in [0.4, 0.5) is 11.5 Å². The fourth-order valence-electron chi connectivity index (χ4n) is 2.37.